The number of aromatic nitrogens is 3. The third-order valence-corrected chi connectivity index (χ3v) is 2.62. The van der Waals surface area contributed by atoms with Crippen LogP contribution in [0.4, 0.5) is 0 Å². The molecule has 2 aromatic heterocycles. The second-order valence-corrected chi connectivity index (χ2v) is 4.28. The van der Waals surface area contributed by atoms with Crippen LogP contribution in [0.2, 0.25) is 0 Å². The maximum absolute atomic E-state index is 5.33. The molecule has 4 nitrogen and oxygen atoms in total. The summed E-state index contributed by atoms with van der Waals surface area (Å²) in [6, 6.07) is 5.83. The predicted molar refractivity (Wildman–Crippen MR) is 71.8 cm³/mol. The Labute approximate surface area is 111 Å². The number of nitrogens with zero attached hydrogens (tertiary/aromatic N) is 2. The van der Waals surface area contributed by atoms with E-state index in [4.69, 9.17) is 17.0 Å². The zero-order chi connectivity index (χ0) is 12.8. The Morgan fingerprint density at radius 2 is 2.33 bits per heavy atom. The summed E-state index contributed by atoms with van der Waals surface area (Å²) in [6.45, 7) is 3.07. The molecule has 0 aliphatic heterocycles. The van der Waals surface area contributed by atoms with Crippen LogP contribution in [0.15, 0.2) is 30.6 Å². The van der Waals surface area contributed by atoms with Crippen molar-refractivity contribution >= 4 is 12.2 Å². The van der Waals surface area contributed by atoms with Crippen LogP contribution in [-0.2, 0) is 17.8 Å². The van der Waals surface area contributed by atoms with Crippen molar-refractivity contribution in [1.29, 1.82) is 0 Å². The number of pyridine rings is 1. The molecule has 0 radical (unpaired) electrons. The van der Waals surface area contributed by atoms with Gasteiger partial charge in [0.15, 0.2) is 0 Å². The summed E-state index contributed by atoms with van der Waals surface area (Å²) < 4.78 is 5.91. The number of aromatic amines is 1. The first-order valence-corrected chi connectivity index (χ1v) is 6.24. The van der Waals surface area contributed by atoms with Gasteiger partial charge in [-0.1, -0.05) is 18.3 Å². The molecule has 2 heterocycles. The van der Waals surface area contributed by atoms with Gasteiger partial charge in [0.1, 0.15) is 17.1 Å². The van der Waals surface area contributed by atoms with Gasteiger partial charge in [0.25, 0.3) is 0 Å². The highest BCUT2D eigenvalue weighted by atomic mass is 32.1. The molecule has 0 saturated carbocycles. The second kappa shape index (κ2) is 6.37. The van der Waals surface area contributed by atoms with Gasteiger partial charge in [-0.3, -0.25) is 4.98 Å². The van der Waals surface area contributed by atoms with E-state index >= 15 is 0 Å². The second-order valence-electron chi connectivity index (χ2n) is 3.87. The van der Waals surface area contributed by atoms with Crippen LogP contribution in [0, 0.1) is 4.64 Å². The monoisotopic (exact) mass is 261 g/mol. The van der Waals surface area contributed by atoms with Crippen LogP contribution in [0.25, 0.3) is 0 Å². The van der Waals surface area contributed by atoms with E-state index in [1.165, 1.54) is 0 Å². The molecule has 2 aromatic rings. The maximum Gasteiger partial charge on any atom is 0.134 e. The van der Waals surface area contributed by atoms with Crippen LogP contribution in [0.3, 0.4) is 0 Å². The predicted octanol–water partition coefficient (Wildman–Crippen LogP) is 2.66. The van der Waals surface area contributed by atoms with E-state index in [0.717, 1.165) is 23.5 Å². The van der Waals surface area contributed by atoms with Gasteiger partial charge in [0.05, 0.1) is 0 Å². The molecule has 0 bridgehead atoms. The summed E-state index contributed by atoms with van der Waals surface area (Å²) in [6.07, 6.45) is 4.37. The lowest BCUT2D eigenvalue weighted by Gasteiger charge is -2.06. The van der Waals surface area contributed by atoms with Gasteiger partial charge in [-0.2, -0.15) is 0 Å². The first-order chi connectivity index (χ1) is 8.78. The average molecular weight is 261 g/mol. The van der Waals surface area contributed by atoms with Crippen molar-refractivity contribution in [3.63, 3.8) is 0 Å². The molecule has 0 unspecified atom stereocenters. The third kappa shape index (κ3) is 3.72. The van der Waals surface area contributed by atoms with Crippen LogP contribution < -0.4 is 0 Å². The van der Waals surface area contributed by atoms with Crippen LogP contribution in [0.1, 0.15) is 24.0 Å². The number of H-pyrrole nitrogens is 1. The van der Waals surface area contributed by atoms with E-state index in [9.17, 15) is 0 Å². The highest BCUT2D eigenvalue weighted by Gasteiger charge is 2.01. The molecule has 0 fully saturated rings. The summed E-state index contributed by atoms with van der Waals surface area (Å²) in [7, 11) is 0. The summed E-state index contributed by atoms with van der Waals surface area (Å²) in [5.41, 5.74) is 2.16. The number of hydrogen-bond donors (Lipinski definition) is 1. The summed E-state index contributed by atoms with van der Waals surface area (Å²) in [5.74, 6) is 0.767. The van der Waals surface area contributed by atoms with E-state index < -0.39 is 0 Å². The minimum absolute atomic E-state index is 0.459. The number of hydrogen-bond acceptors (Lipinski definition) is 4. The standard InChI is InChI=1S/C13H15N3OS/c1-2-17-9-12-15-11(7-13(18)16-12)6-10-4-3-5-14-8-10/h3-5,7-8H,2,6,9H2,1H3,(H,15,16,18). The molecule has 0 spiro atoms. The highest BCUT2D eigenvalue weighted by Crippen LogP contribution is 2.07. The first-order valence-electron chi connectivity index (χ1n) is 5.83. The van der Waals surface area contributed by atoms with Crippen molar-refractivity contribution in [2.24, 2.45) is 0 Å². The quantitative estimate of drug-likeness (QED) is 0.841. The molecule has 94 valence electrons. The van der Waals surface area contributed by atoms with Gasteiger partial charge in [-0.15, -0.1) is 0 Å². The average Bonchev–Trinajstić information content (AvgIpc) is 2.37. The molecule has 0 atom stereocenters. The lowest BCUT2D eigenvalue weighted by molar-refractivity contribution is 0.128. The Kier molecular flexibility index (Phi) is 4.55. The van der Waals surface area contributed by atoms with E-state index in [1.54, 1.807) is 6.20 Å². The van der Waals surface area contributed by atoms with Crippen LogP contribution in [0.5, 0.6) is 0 Å². The largest absolute Gasteiger partial charge is 0.374 e. The first kappa shape index (κ1) is 12.9. The Hall–Kier alpha value is -1.59. The molecular formula is C13H15N3OS. The lowest BCUT2D eigenvalue weighted by Crippen LogP contribution is -2.03. The molecule has 0 aliphatic carbocycles. The molecule has 0 amide bonds. The van der Waals surface area contributed by atoms with Gasteiger partial charge in [-0.25, -0.2) is 4.98 Å². The minimum Gasteiger partial charge on any atom is -0.374 e. The fourth-order valence-electron chi connectivity index (χ4n) is 1.65. The van der Waals surface area contributed by atoms with Crippen molar-refractivity contribution in [3.8, 4) is 0 Å². The van der Waals surface area contributed by atoms with Gasteiger partial charge < -0.3 is 9.72 Å². The van der Waals surface area contributed by atoms with E-state index in [-0.39, 0.29) is 0 Å². The number of ether oxygens (including phenoxy) is 1. The molecule has 18 heavy (non-hydrogen) atoms. The highest BCUT2D eigenvalue weighted by molar-refractivity contribution is 7.71. The van der Waals surface area contributed by atoms with Crippen LogP contribution >= 0.6 is 12.2 Å². The lowest BCUT2D eigenvalue weighted by atomic mass is 10.1. The normalized spacial score (nSPS) is 10.5. The third-order valence-electron chi connectivity index (χ3n) is 2.41. The zero-order valence-electron chi connectivity index (χ0n) is 10.2. The number of rotatable bonds is 5. The van der Waals surface area contributed by atoms with Gasteiger partial charge in [-0.05, 0) is 24.6 Å². The molecule has 2 rings (SSSR count). The van der Waals surface area contributed by atoms with E-state index in [1.807, 2.05) is 31.3 Å². The van der Waals surface area contributed by atoms with Crippen molar-refractivity contribution < 1.29 is 4.74 Å². The van der Waals surface area contributed by atoms with Gasteiger partial charge in [0, 0.05) is 31.1 Å². The van der Waals surface area contributed by atoms with Crippen molar-refractivity contribution in [2.75, 3.05) is 6.61 Å². The summed E-state index contributed by atoms with van der Waals surface area (Å²) in [5, 5.41) is 0. The van der Waals surface area contributed by atoms with E-state index in [0.29, 0.717) is 17.9 Å². The maximum atomic E-state index is 5.33. The van der Waals surface area contributed by atoms with Crippen molar-refractivity contribution in [2.45, 2.75) is 20.0 Å². The van der Waals surface area contributed by atoms with Gasteiger partial charge >= 0.3 is 0 Å². The summed E-state index contributed by atoms with van der Waals surface area (Å²) in [4.78, 5) is 11.6. The Morgan fingerprint density at radius 3 is 3.06 bits per heavy atom. The Balaban J connectivity index is 2.18. The topological polar surface area (TPSA) is 50.8 Å². The number of nitrogens with one attached hydrogen (secondary N) is 1. The van der Waals surface area contributed by atoms with Crippen molar-refractivity contribution in [1.82, 2.24) is 15.0 Å². The van der Waals surface area contributed by atoms with E-state index in [2.05, 4.69) is 15.0 Å². The molecule has 0 aromatic carbocycles. The minimum atomic E-state index is 0.459. The zero-order valence-corrected chi connectivity index (χ0v) is 11.0. The molecule has 0 aliphatic rings. The van der Waals surface area contributed by atoms with Crippen LogP contribution in [-0.4, -0.2) is 21.6 Å². The SMILES string of the molecule is CCOCc1nc(=S)cc(Cc2cccnc2)[nH]1. The Bertz CT molecular complexity index is 554. The fraction of sp³-hybridized carbons (Fsp3) is 0.308. The fourth-order valence-corrected chi connectivity index (χ4v) is 1.90. The Morgan fingerprint density at radius 1 is 1.44 bits per heavy atom. The molecular weight excluding hydrogens is 246 g/mol. The smallest absolute Gasteiger partial charge is 0.134 e. The molecule has 0 saturated heterocycles. The van der Waals surface area contributed by atoms with Gasteiger partial charge in [0.2, 0.25) is 0 Å². The van der Waals surface area contributed by atoms with Crippen molar-refractivity contribution in [3.05, 3.63) is 52.3 Å². The summed E-state index contributed by atoms with van der Waals surface area (Å²) >= 11 is 5.15. The molecule has 5 heteroatoms. The molecule has 1 N–H and O–H groups in total.